The summed E-state index contributed by atoms with van der Waals surface area (Å²) in [7, 11) is 0. The molecular weight excluding hydrogens is 216 g/mol. The highest BCUT2D eigenvalue weighted by molar-refractivity contribution is 5.55. The summed E-state index contributed by atoms with van der Waals surface area (Å²) in [5, 5.41) is 9.26. The summed E-state index contributed by atoms with van der Waals surface area (Å²) in [6, 6.07) is 8.84. The number of benzene rings is 1. The normalized spacial score (nSPS) is 10.4. The molecule has 2 aromatic rings. The summed E-state index contributed by atoms with van der Waals surface area (Å²) in [4.78, 5) is 17.7. The van der Waals surface area contributed by atoms with Crippen molar-refractivity contribution in [2.45, 2.75) is 19.8 Å². The first-order valence-corrected chi connectivity index (χ1v) is 5.58. The van der Waals surface area contributed by atoms with E-state index in [-0.39, 0.29) is 11.4 Å². The molecule has 1 heterocycles. The van der Waals surface area contributed by atoms with Crippen molar-refractivity contribution in [3.63, 3.8) is 0 Å². The number of aromatic amines is 1. The van der Waals surface area contributed by atoms with Gasteiger partial charge in [-0.05, 0) is 12.0 Å². The van der Waals surface area contributed by atoms with Gasteiger partial charge in [-0.1, -0.05) is 37.6 Å². The van der Waals surface area contributed by atoms with Gasteiger partial charge in [0.15, 0.2) is 0 Å². The standard InChI is InChI=1S/C13H14N2O2/c1-2-3-9-4-6-10(7-5-9)13-14-11(16)8-12(17)15-13/h4-8H,2-3H2,1H3,(H2,14,15,16,17). The Bertz CT molecular complexity index is 558. The number of hydrogen-bond acceptors (Lipinski definition) is 3. The molecule has 2 N–H and O–H groups in total. The van der Waals surface area contributed by atoms with Crippen molar-refractivity contribution in [1.29, 1.82) is 0 Å². The number of aromatic nitrogens is 2. The Kier molecular flexibility index (Phi) is 3.23. The van der Waals surface area contributed by atoms with Crippen LogP contribution in [0, 0.1) is 0 Å². The Hall–Kier alpha value is -2.10. The lowest BCUT2D eigenvalue weighted by Crippen LogP contribution is -2.06. The second-order valence-electron chi connectivity index (χ2n) is 3.90. The van der Waals surface area contributed by atoms with E-state index in [2.05, 4.69) is 16.9 Å². The van der Waals surface area contributed by atoms with Crippen molar-refractivity contribution in [3.05, 3.63) is 46.2 Å². The van der Waals surface area contributed by atoms with E-state index in [0.29, 0.717) is 5.82 Å². The minimum atomic E-state index is -0.356. The smallest absolute Gasteiger partial charge is 0.254 e. The van der Waals surface area contributed by atoms with E-state index in [1.807, 2.05) is 24.3 Å². The van der Waals surface area contributed by atoms with E-state index in [0.717, 1.165) is 24.5 Å². The monoisotopic (exact) mass is 230 g/mol. The van der Waals surface area contributed by atoms with Crippen molar-refractivity contribution in [3.8, 4) is 17.3 Å². The molecule has 4 heteroatoms. The number of nitrogens with zero attached hydrogens (tertiary/aromatic N) is 1. The maximum absolute atomic E-state index is 11.2. The van der Waals surface area contributed by atoms with Crippen LogP contribution in [0.15, 0.2) is 35.1 Å². The molecule has 1 aromatic carbocycles. The Balaban J connectivity index is 2.36. The van der Waals surface area contributed by atoms with E-state index in [9.17, 15) is 9.90 Å². The lowest BCUT2D eigenvalue weighted by molar-refractivity contribution is 0.452. The van der Waals surface area contributed by atoms with Gasteiger partial charge in [-0.25, -0.2) is 0 Å². The summed E-state index contributed by atoms with van der Waals surface area (Å²) in [5.41, 5.74) is 1.68. The summed E-state index contributed by atoms with van der Waals surface area (Å²) < 4.78 is 0. The van der Waals surface area contributed by atoms with Crippen molar-refractivity contribution in [2.75, 3.05) is 0 Å². The summed E-state index contributed by atoms with van der Waals surface area (Å²) in [6.45, 7) is 2.13. The van der Waals surface area contributed by atoms with E-state index in [1.54, 1.807) is 0 Å². The molecular formula is C13H14N2O2. The molecule has 0 spiro atoms. The van der Waals surface area contributed by atoms with Crippen LogP contribution in [0.2, 0.25) is 0 Å². The number of nitrogens with one attached hydrogen (secondary N) is 1. The number of hydrogen-bond donors (Lipinski definition) is 2. The molecule has 0 atom stereocenters. The Morgan fingerprint density at radius 3 is 2.59 bits per heavy atom. The molecule has 0 aliphatic carbocycles. The molecule has 1 aromatic heterocycles. The number of aryl methyl sites for hydroxylation is 1. The van der Waals surface area contributed by atoms with Crippen LogP contribution in [0.4, 0.5) is 0 Å². The highest BCUT2D eigenvalue weighted by atomic mass is 16.3. The third-order valence-electron chi connectivity index (χ3n) is 2.49. The van der Waals surface area contributed by atoms with E-state index < -0.39 is 0 Å². The van der Waals surface area contributed by atoms with E-state index in [1.165, 1.54) is 5.56 Å². The molecule has 0 amide bonds. The van der Waals surface area contributed by atoms with Crippen LogP contribution in [0.1, 0.15) is 18.9 Å². The predicted molar refractivity (Wildman–Crippen MR) is 66.0 cm³/mol. The quantitative estimate of drug-likeness (QED) is 0.848. The molecule has 4 nitrogen and oxygen atoms in total. The third-order valence-corrected chi connectivity index (χ3v) is 2.49. The molecule has 88 valence electrons. The minimum Gasteiger partial charge on any atom is -0.493 e. The van der Waals surface area contributed by atoms with Crippen LogP contribution < -0.4 is 5.56 Å². The third kappa shape index (κ3) is 2.72. The van der Waals surface area contributed by atoms with Crippen LogP contribution in [0.25, 0.3) is 11.4 Å². The molecule has 0 bridgehead atoms. The highest BCUT2D eigenvalue weighted by Gasteiger charge is 2.03. The summed E-state index contributed by atoms with van der Waals surface area (Å²) in [5.74, 6) is 0.124. The summed E-state index contributed by atoms with van der Waals surface area (Å²) >= 11 is 0. The first kappa shape index (κ1) is 11.4. The Labute approximate surface area is 99.0 Å². The molecule has 0 aliphatic rings. The highest BCUT2D eigenvalue weighted by Crippen LogP contribution is 2.16. The fourth-order valence-electron chi connectivity index (χ4n) is 1.70. The van der Waals surface area contributed by atoms with Gasteiger partial charge in [-0.2, -0.15) is 4.98 Å². The average Bonchev–Trinajstić information content (AvgIpc) is 2.29. The van der Waals surface area contributed by atoms with Gasteiger partial charge >= 0.3 is 0 Å². The number of aromatic hydroxyl groups is 1. The van der Waals surface area contributed by atoms with Gasteiger partial charge in [0.05, 0.1) is 6.07 Å². The van der Waals surface area contributed by atoms with Gasteiger partial charge < -0.3 is 10.1 Å². The zero-order chi connectivity index (χ0) is 12.3. The Morgan fingerprint density at radius 2 is 2.00 bits per heavy atom. The fourth-order valence-corrected chi connectivity index (χ4v) is 1.70. The zero-order valence-electron chi connectivity index (χ0n) is 9.60. The molecule has 0 radical (unpaired) electrons. The fraction of sp³-hybridized carbons (Fsp3) is 0.231. The number of H-pyrrole nitrogens is 1. The molecule has 0 saturated carbocycles. The topological polar surface area (TPSA) is 66.0 Å². The Morgan fingerprint density at radius 1 is 1.29 bits per heavy atom. The van der Waals surface area contributed by atoms with Crippen LogP contribution in [0.3, 0.4) is 0 Å². The van der Waals surface area contributed by atoms with Gasteiger partial charge in [-0.15, -0.1) is 0 Å². The van der Waals surface area contributed by atoms with Gasteiger partial charge in [0.25, 0.3) is 5.56 Å². The van der Waals surface area contributed by atoms with Crippen molar-refractivity contribution in [1.82, 2.24) is 9.97 Å². The van der Waals surface area contributed by atoms with Gasteiger partial charge in [0.2, 0.25) is 5.88 Å². The zero-order valence-corrected chi connectivity index (χ0v) is 9.60. The van der Waals surface area contributed by atoms with E-state index in [4.69, 9.17) is 0 Å². The molecule has 0 fully saturated rings. The molecule has 0 unspecified atom stereocenters. The van der Waals surface area contributed by atoms with Crippen molar-refractivity contribution in [2.24, 2.45) is 0 Å². The molecule has 17 heavy (non-hydrogen) atoms. The van der Waals surface area contributed by atoms with Crippen LogP contribution in [0.5, 0.6) is 5.88 Å². The molecule has 0 saturated heterocycles. The van der Waals surface area contributed by atoms with Gasteiger partial charge in [0.1, 0.15) is 5.82 Å². The predicted octanol–water partition coefficient (Wildman–Crippen LogP) is 2.09. The first-order valence-electron chi connectivity index (χ1n) is 5.58. The maximum Gasteiger partial charge on any atom is 0.254 e. The lowest BCUT2D eigenvalue weighted by atomic mass is 10.1. The van der Waals surface area contributed by atoms with Crippen molar-refractivity contribution >= 4 is 0 Å². The van der Waals surface area contributed by atoms with Crippen LogP contribution in [-0.2, 0) is 6.42 Å². The second-order valence-corrected chi connectivity index (χ2v) is 3.90. The minimum absolute atomic E-state index is 0.263. The van der Waals surface area contributed by atoms with Gasteiger partial charge in [-0.3, -0.25) is 4.79 Å². The van der Waals surface area contributed by atoms with Gasteiger partial charge in [0, 0.05) is 5.56 Å². The average molecular weight is 230 g/mol. The number of rotatable bonds is 3. The van der Waals surface area contributed by atoms with Crippen LogP contribution in [-0.4, -0.2) is 15.1 Å². The molecule has 2 rings (SSSR count). The van der Waals surface area contributed by atoms with E-state index >= 15 is 0 Å². The summed E-state index contributed by atoms with van der Waals surface area (Å²) in [6.07, 6.45) is 2.13. The SMILES string of the molecule is CCCc1ccc(-c2nc(O)cc(=O)[nH]2)cc1. The van der Waals surface area contributed by atoms with Crippen molar-refractivity contribution < 1.29 is 5.11 Å². The second kappa shape index (κ2) is 4.82. The lowest BCUT2D eigenvalue weighted by Gasteiger charge is -2.03. The van der Waals surface area contributed by atoms with Crippen LogP contribution >= 0.6 is 0 Å². The molecule has 0 aliphatic heterocycles. The first-order chi connectivity index (χ1) is 8.19. The largest absolute Gasteiger partial charge is 0.493 e. The maximum atomic E-state index is 11.2.